The first-order valence-electron chi connectivity index (χ1n) is 7.72. The molecular formula is C18H19BrClN3O2. The molecule has 2 aromatic carbocycles. The summed E-state index contributed by atoms with van der Waals surface area (Å²) in [5.41, 5.74) is 1.40. The summed E-state index contributed by atoms with van der Waals surface area (Å²) in [4.78, 5) is 25.7. The van der Waals surface area contributed by atoms with Crippen LogP contribution in [0, 0.1) is 0 Å². The second-order valence-corrected chi connectivity index (χ2v) is 6.95. The summed E-state index contributed by atoms with van der Waals surface area (Å²) in [6.07, 6.45) is 0.303. The first-order valence-corrected chi connectivity index (χ1v) is 8.89. The molecule has 0 atom stereocenters. The van der Waals surface area contributed by atoms with Crippen LogP contribution < -0.4 is 10.6 Å². The fraction of sp³-hybridized carbons (Fsp3) is 0.222. The molecule has 0 aliphatic carbocycles. The van der Waals surface area contributed by atoms with Crippen LogP contribution in [-0.4, -0.2) is 36.9 Å². The molecule has 2 amide bonds. The van der Waals surface area contributed by atoms with Gasteiger partial charge in [-0.1, -0.05) is 33.6 Å². The molecule has 0 unspecified atom stereocenters. The Labute approximate surface area is 160 Å². The second-order valence-electron chi connectivity index (χ2n) is 5.60. The average molecular weight is 425 g/mol. The topological polar surface area (TPSA) is 61.4 Å². The minimum atomic E-state index is -0.155. The molecule has 7 heteroatoms. The highest BCUT2D eigenvalue weighted by molar-refractivity contribution is 9.10. The molecule has 0 aromatic heterocycles. The van der Waals surface area contributed by atoms with Crippen molar-refractivity contribution in [3.63, 3.8) is 0 Å². The lowest BCUT2D eigenvalue weighted by Gasteiger charge is -2.16. The number of nitrogens with zero attached hydrogens (tertiary/aromatic N) is 1. The van der Waals surface area contributed by atoms with Crippen molar-refractivity contribution in [3.05, 3.63) is 58.0 Å². The molecule has 0 aliphatic heterocycles. The molecule has 0 aliphatic rings. The van der Waals surface area contributed by atoms with Crippen molar-refractivity contribution in [1.29, 1.82) is 0 Å². The maximum absolute atomic E-state index is 12.0. The lowest BCUT2D eigenvalue weighted by Crippen LogP contribution is -2.32. The minimum absolute atomic E-state index is 0.0931. The van der Waals surface area contributed by atoms with Crippen LogP contribution in [0.2, 0.25) is 5.02 Å². The van der Waals surface area contributed by atoms with Gasteiger partial charge in [0.25, 0.3) is 0 Å². The third-order valence-electron chi connectivity index (χ3n) is 3.37. The molecule has 0 bridgehead atoms. The van der Waals surface area contributed by atoms with Crippen LogP contribution in [-0.2, 0) is 9.59 Å². The van der Waals surface area contributed by atoms with Crippen LogP contribution >= 0.6 is 27.5 Å². The van der Waals surface area contributed by atoms with Crippen LogP contribution in [0.4, 0.5) is 11.4 Å². The van der Waals surface area contributed by atoms with E-state index in [0.29, 0.717) is 23.7 Å². The molecule has 2 aromatic rings. The Hall–Kier alpha value is -1.89. The summed E-state index contributed by atoms with van der Waals surface area (Å²) in [7, 11) is 1.80. The molecular weight excluding hydrogens is 406 g/mol. The van der Waals surface area contributed by atoms with E-state index >= 15 is 0 Å². The number of nitrogens with one attached hydrogen (secondary N) is 2. The number of carbonyl (C=O) groups excluding carboxylic acids is 2. The van der Waals surface area contributed by atoms with Gasteiger partial charge in [0.05, 0.1) is 6.54 Å². The summed E-state index contributed by atoms with van der Waals surface area (Å²) in [5.74, 6) is -0.248. The van der Waals surface area contributed by atoms with Crippen LogP contribution in [0.5, 0.6) is 0 Å². The molecule has 25 heavy (non-hydrogen) atoms. The number of hydrogen-bond donors (Lipinski definition) is 2. The van der Waals surface area contributed by atoms with Crippen molar-refractivity contribution in [2.24, 2.45) is 0 Å². The highest BCUT2D eigenvalue weighted by Gasteiger charge is 2.09. The maximum Gasteiger partial charge on any atom is 0.238 e. The number of halogens is 2. The van der Waals surface area contributed by atoms with E-state index in [1.165, 1.54) is 0 Å². The predicted octanol–water partition coefficient (Wildman–Crippen LogP) is 4.00. The number of rotatable bonds is 7. The monoisotopic (exact) mass is 423 g/mol. The summed E-state index contributed by atoms with van der Waals surface area (Å²) < 4.78 is 0.955. The zero-order valence-corrected chi connectivity index (χ0v) is 16.1. The van der Waals surface area contributed by atoms with E-state index in [-0.39, 0.29) is 18.4 Å². The van der Waals surface area contributed by atoms with Crippen LogP contribution in [0.1, 0.15) is 6.42 Å². The van der Waals surface area contributed by atoms with Crippen LogP contribution in [0.15, 0.2) is 53.0 Å². The van der Waals surface area contributed by atoms with Crippen molar-refractivity contribution in [1.82, 2.24) is 4.90 Å². The van der Waals surface area contributed by atoms with Crippen molar-refractivity contribution >= 4 is 50.7 Å². The zero-order chi connectivity index (χ0) is 18.2. The second kappa shape index (κ2) is 9.56. The Morgan fingerprint density at radius 1 is 1.04 bits per heavy atom. The zero-order valence-electron chi connectivity index (χ0n) is 13.8. The Bertz CT molecular complexity index is 737. The van der Waals surface area contributed by atoms with Crippen molar-refractivity contribution in [2.75, 3.05) is 30.8 Å². The van der Waals surface area contributed by atoms with Gasteiger partial charge in [-0.15, -0.1) is 0 Å². The normalized spacial score (nSPS) is 10.6. The number of anilines is 2. The fourth-order valence-electron chi connectivity index (χ4n) is 2.14. The Balaban J connectivity index is 1.72. The molecule has 0 radical (unpaired) electrons. The predicted molar refractivity (Wildman–Crippen MR) is 105 cm³/mol. The Morgan fingerprint density at radius 2 is 1.72 bits per heavy atom. The van der Waals surface area contributed by atoms with Gasteiger partial charge in [0.15, 0.2) is 0 Å². The minimum Gasteiger partial charge on any atom is -0.326 e. The van der Waals surface area contributed by atoms with Gasteiger partial charge >= 0.3 is 0 Å². The van der Waals surface area contributed by atoms with E-state index in [2.05, 4.69) is 26.6 Å². The van der Waals surface area contributed by atoms with E-state index in [4.69, 9.17) is 11.6 Å². The van der Waals surface area contributed by atoms with E-state index in [0.717, 1.165) is 10.2 Å². The largest absolute Gasteiger partial charge is 0.326 e. The molecule has 0 spiro atoms. The average Bonchev–Trinajstić information content (AvgIpc) is 2.55. The molecule has 2 N–H and O–H groups in total. The van der Waals surface area contributed by atoms with E-state index in [1.54, 1.807) is 36.2 Å². The third kappa shape index (κ3) is 7.25. The van der Waals surface area contributed by atoms with Crippen molar-refractivity contribution < 1.29 is 9.59 Å². The van der Waals surface area contributed by atoms with Gasteiger partial charge in [-0.3, -0.25) is 14.5 Å². The number of benzene rings is 2. The first-order chi connectivity index (χ1) is 11.9. The summed E-state index contributed by atoms with van der Waals surface area (Å²) in [6.45, 7) is 0.670. The highest BCUT2D eigenvalue weighted by atomic mass is 79.9. The Morgan fingerprint density at radius 3 is 2.40 bits per heavy atom. The molecule has 0 fully saturated rings. The van der Waals surface area contributed by atoms with Gasteiger partial charge in [0, 0.05) is 33.8 Å². The van der Waals surface area contributed by atoms with Gasteiger partial charge in [-0.2, -0.15) is 0 Å². The molecule has 5 nitrogen and oxygen atoms in total. The van der Waals surface area contributed by atoms with Gasteiger partial charge in [-0.25, -0.2) is 0 Å². The highest BCUT2D eigenvalue weighted by Crippen LogP contribution is 2.15. The number of carbonyl (C=O) groups is 2. The van der Waals surface area contributed by atoms with Crippen LogP contribution in [0.3, 0.4) is 0 Å². The number of amides is 2. The van der Waals surface area contributed by atoms with Gasteiger partial charge < -0.3 is 10.6 Å². The summed E-state index contributed by atoms with van der Waals surface area (Å²) in [5, 5.41) is 6.16. The lowest BCUT2D eigenvalue weighted by molar-refractivity contribution is -0.119. The smallest absolute Gasteiger partial charge is 0.238 e. The molecule has 0 heterocycles. The lowest BCUT2D eigenvalue weighted by atomic mass is 10.3. The summed E-state index contributed by atoms with van der Waals surface area (Å²) in [6, 6.07) is 14.3. The number of hydrogen-bond acceptors (Lipinski definition) is 3. The molecule has 0 saturated carbocycles. The van der Waals surface area contributed by atoms with Gasteiger partial charge in [0.1, 0.15) is 0 Å². The maximum atomic E-state index is 12.0. The summed E-state index contributed by atoms with van der Waals surface area (Å²) >= 11 is 9.23. The fourth-order valence-corrected chi connectivity index (χ4v) is 2.59. The SMILES string of the molecule is CN(CCC(=O)Nc1ccc(Br)cc1)CC(=O)Nc1cccc(Cl)c1. The van der Waals surface area contributed by atoms with Crippen LogP contribution in [0.25, 0.3) is 0 Å². The molecule has 2 rings (SSSR count). The quantitative estimate of drug-likeness (QED) is 0.706. The van der Waals surface area contributed by atoms with E-state index in [1.807, 2.05) is 24.3 Å². The third-order valence-corrected chi connectivity index (χ3v) is 4.13. The standard InChI is InChI=1S/C18H19BrClN3O2/c1-23(12-18(25)22-16-4-2-3-14(20)11-16)10-9-17(24)21-15-7-5-13(19)6-8-15/h2-8,11H,9-10,12H2,1H3,(H,21,24)(H,22,25). The van der Waals surface area contributed by atoms with Gasteiger partial charge in [0.2, 0.25) is 11.8 Å². The van der Waals surface area contributed by atoms with Crippen molar-refractivity contribution in [3.8, 4) is 0 Å². The Kier molecular flexibility index (Phi) is 7.43. The molecule has 0 saturated heterocycles. The van der Waals surface area contributed by atoms with Gasteiger partial charge in [-0.05, 0) is 49.5 Å². The molecule has 132 valence electrons. The van der Waals surface area contributed by atoms with E-state index < -0.39 is 0 Å². The van der Waals surface area contributed by atoms with Crippen molar-refractivity contribution in [2.45, 2.75) is 6.42 Å². The number of likely N-dealkylation sites (N-methyl/N-ethyl adjacent to an activating group) is 1. The first kappa shape index (κ1) is 19.4. The van der Waals surface area contributed by atoms with E-state index in [9.17, 15) is 9.59 Å².